The van der Waals surface area contributed by atoms with E-state index >= 15 is 0 Å². The monoisotopic (exact) mass is 299 g/mol. The van der Waals surface area contributed by atoms with Crippen molar-refractivity contribution >= 4 is 11.6 Å². The second-order valence-electron chi connectivity index (χ2n) is 5.53. The predicted octanol–water partition coefficient (Wildman–Crippen LogP) is 3.41. The maximum atomic E-state index is 6.41. The Balaban J connectivity index is 2.20. The Morgan fingerprint density at radius 3 is 2.85 bits per heavy atom. The van der Waals surface area contributed by atoms with Crippen LogP contribution in [0.2, 0.25) is 5.02 Å². The van der Waals surface area contributed by atoms with Gasteiger partial charge in [0.05, 0.1) is 36.1 Å². The number of ether oxygens (including phenoxy) is 1. The van der Waals surface area contributed by atoms with E-state index in [1.165, 1.54) is 32.1 Å². The Kier molecular flexibility index (Phi) is 6.33. The van der Waals surface area contributed by atoms with Gasteiger partial charge in [-0.25, -0.2) is 0 Å². The summed E-state index contributed by atoms with van der Waals surface area (Å²) in [4.78, 5) is 0. The summed E-state index contributed by atoms with van der Waals surface area (Å²) in [6, 6.07) is 0.312. The highest BCUT2D eigenvalue weighted by Gasteiger charge is 2.28. The van der Waals surface area contributed by atoms with Crippen LogP contribution < -0.4 is 5.32 Å². The molecular formula is C15H26ClN3O. The molecular weight excluding hydrogens is 274 g/mol. The van der Waals surface area contributed by atoms with Gasteiger partial charge in [0.25, 0.3) is 0 Å². The lowest BCUT2D eigenvalue weighted by Gasteiger charge is -2.31. The zero-order valence-corrected chi connectivity index (χ0v) is 13.3. The van der Waals surface area contributed by atoms with Crippen molar-refractivity contribution in [2.45, 2.75) is 51.6 Å². The van der Waals surface area contributed by atoms with Crippen molar-refractivity contribution in [3.63, 3.8) is 0 Å². The van der Waals surface area contributed by atoms with Gasteiger partial charge in [0, 0.05) is 7.11 Å². The molecule has 0 amide bonds. The summed E-state index contributed by atoms with van der Waals surface area (Å²) in [5.74, 6) is 0.666. The van der Waals surface area contributed by atoms with Crippen LogP contribution in [0.5, 0.6) is 0 Å². The third-order valence-electron chi connectivity index (χ3n) is 4.18. The first-order chi connectivity index (χ1) is 9.77. The van der Waals surface area contributed by atoms with Crippen LogP contribution in [0.3, 0.4) is 0 Å². The van der Waals surface area contributed by atoms with E-state index in [4.69, 9.17) is 16.3 Å². The molecule has 1 aliphatic carbocycles. The third kappa shape index (κ3) is 3.74. The normalized spacial score (nSPS) is 18.4. The number of halogens is 1. The van der Waals surface area contributed by atoms with Crippen LogP contribution in [0.4, 0.5) is 0 Å². The molecule has 1 aliphatic rings. The molecule has 0 aromatic carbocycles. The lowest BCUT2D eigenvalue weighted by atomic mass is 9.82. The Bertz CT molecular complexity index is 402. The van der Waals surface area contributed by atoms with Gasteiger partial charge in [-0.3, -0.25) is 4.68 Å². The fraction of sp³-hybridized carbons (Fsp3) is 0.800. The van der Waals surface area contributed by atoms with Crippen molar-refractivity contribution < 1.29 is 4.74 Å². The number of hydrogen-bond donors (Lipinski definition) is 1. The molecule has 0 saturated heterocycles. The smallest absolute Gasteiger partial charge is 0.0834 e. The number of aromatic nitrogens is 2. The Morgan fingerprint density at radius 2 is 2.20 bits per heavy atom. The number of hydrogen-bond acceptors (Lipinski definition) is 3. The van der Waals surface area contributed by atoms with E-state index in [0.717, 1.165) is 23.8 Å². The summed E-state index contributed by atoms with van der Waals surface area (Å²) in [6.07, 6.45) is 8.35. The van der Waals surface area contributed by atoms with Crippen molar-refractivity contribution in [1.29, 1.82) is 0 Å². The molecule has 5 heteroatoms. The molecule has 0 spiro atoms. The second-order valence-corrected chi connectivity index (χ2v) is 5.93. The van der Waals surface area contributed by atoms with Gasteiger partial charge in [0.1, 0.15) is 0 Å². The SMILES string of the molecule is CCNC(c1c(Cl)cnn1CCOC)C1CCCCC1. The number of methoxy groups -OCH3 is 1. The van der Waals surface area contributed by atoms with Crippen LogP contribution in [0.1, 0.15) is 50.8 Å². The van der Waals surface area contributed by atoms with Crippen LogP contribution in [-0.2, 0) is 11.3 Å². The molecule has 1 heterocycles. The minimum atomic E-state index is 0.312. The minimum Gasteiger partial charge on any atom is -0.383 e. The van der Waals surface area contributed by atoms with Gasteiger partial charge >= 0.3 is 0 Å². The lowest BCUT2D eigenvalue weighted by Crippen LogP contribution is -2.32. The fourth-order valence-electron chi connectivity index (χ4n) is 3.21. The van der Waals surface area contributed by atoms with E-state index in [9.17, 15) is 0 Å². The highest BCUT2D eigenvalue weighted by atomic mass is 35.5. The average Bonchev–Trinajstić information content (AvgIpc) is 2.84. The first-order valence-electron chi connectivity index (χ1n) is 7.71. The maximum Gasteiger partial charge on any atom is 0.0834 e. The van der Waals surface area contributed by atoms with Crippen LogP contribution in [0, 0.1) is 5.92 Å². The number of nitrogens with one attached hydrogen (secondary N) is 1. The molecule has 1 N–H and O–H groups in total. The standard InChI is InChI=1S/C15H26ClN3O/c1-3-17-14(12-7-5-4-6-8-12)15-13(16)11-18-19(15)9-10-20-2/h11-12,14,17H,3-10H2,1-2H3. The molecule has 1 fully saturated rings. The maximum absolute atomic E-state index is 6.41. The van der Waals surface area contributed by atoms with Crippen LogP contribution in [0.25, 0.3) is 0 Å². The Labute approximate surface area is 126 Å². The molecule has 0 aliphatic heterocycles. The van der Waals surface area contributed by atoms with Gasteiger partial charge < -0.3 is 10.1 Å². The van der Waals surface area contributed by atoms with Crippen LogP contribution in [-0.4, -0.2) is 30.0 Å². The molecule has 1 atom stereocenters. The van der Waals surface area contributed by atoms with Gasteiger partial charge in [0.15, 0.2) is 0 Å². The van der Waals surface area contributed by atoms with Crippen molar-refractivity contribution in [1.82, 2.24) is 15.1 Å². The van der Waals surface area contributed by atoms with Crippen molar-refractivity contribution in [2.75, 3.05) is 20.3 Å². The second kappa shape index (κ2) is 8.01. The van der Waals surface area contributed by atoms with Gasteiger partial charge in [-0.05, 0) is 25.3 Å². The van der Waals surface area contributed by atoms with E-state index in [2.05, 4.69) is 17.3 Å². The Morgan fingerprint density at radius 1 is 1.45 bits per heavy atom. The van der Waals surface area contributed by atoms with Crippen LogP contribution >= 0.6 is 11.6 Å². The molecule has 114 valence electrons. The third-order valence-corrected chi connectivity index (χ3v) is 4.47. The first-order valence-corrected chi connectivity index (χ1v) is 8.09. The van der Waals surface area contributed by atoms with Crippen molar-refractivity contribution in [3.8, 4) is 0 Å². The number of rotatable bonds is 7. The molecule has 1 unspecified atom stereocenters. The molecule has 0 radical (unpaired) electrons. The molecule has 4 nitrogen and oxygen atoms in total. The summed E-state index contributed by atoms with van der Waals surface area (Å²) in [5.41, 5.74) is 1.14. The predicted molar refractivity (Wildman–Crippen MR) is 82.1 cm³/mol. The Hall–Kier alpha value is -0.580. The highest BCUT2D eigenvalue weighted by molar-refractivity contribution is 6.31. The summed E-state index contributed by atoms with van der Waals surface area (Å²) >= 11 is 6.41. The van der Waals surface area contributed by atoms with E-state index in [0.29, 0.717) is 18.6 Å². The zero-order valence-electron chi connectivity index (χ0n) is 12.6. The molecule has 1 saturated carbocycles. The van der Waals surface area contributed by atoms with Crippen molar-refractivity contribution in [2.24, 2.45) is 5.92 Å². The van der Waals surface area contributed by atoms with Gasteiger partial charge in [0.2, 0.25) is 0 Å². The van der Waals surface area contributed by atoms with Crippen LogP contribution in [0.15, 0.2) is 6.20 Å². The minimum absolute atomic E-state index is 0.312. The summed E-state index contributed by atoms with van der Waals surface area (Å²) in [7, 11) is 1.72. The van der Waals surface area contributed by atoms with Gasteiger partial charge in [-0.1, -0.05) is 37.8 Å². The summed E-state index contributed by atoms with van der Waals surface area (Å²) in [5, 5.41) is 8.82. The van der Waals surface area contributed by atoms with E-state index < -0.39 is 0 Å². The molecule has 2 rings (SSSR count). The lowest BCUT2D eigenvalue weighted by molar-refractivity contribution is 0.179. The zero-order chi connectivity index (χ0) is 14.4. The largest absolute Gasteiger partial charge is 0.383 e. The topological polar surface area (TPSA) is 39.1 Å². The number of nitrogens with zero attached hydrogens (tertiary/aromatic N) is 2. The molecule has 0 bridgehead atoms. The average molecular weight is 300 g/mol. The van der Waals surface area contributed by atoms with Gasteiger partial charge in [-0.2, -0.15) is 5.10 Å². The fourth-order valence-corrected chi connectivity index (χ4v) is 3.47. The van der Waals surface area contributed by atoms with E-state index in [1.807, 2.05) is 4.68 Å². The molecule has 20 heavy (non-hydrogen) atoms. The summed E-state index contributed by atoms with van der Waals surface area (Å²) < 4.78 is 7.18. The summed E-state index contributed by atoms with van der Waals surface area (Å²) in [6.45, 7) is 4.52. The molecule has 1 aromatic rings. The van der Waals surface area contributed by atoms with Crippen molar-refractivity contribution in [3.05, 3.63) is 16.9 Å². The molecule has 1 aromatic heterocycles. The highest BCUT2D eigenvalue weighted by Crippen LogP contribution is 2.36. The quantitative estimate of drug-likeness (QED) is 0.838. The van der Waals surface area contributed by atoms with E-state index in [1.54, 1.807) is 13.3 Å². The van der Waals surface area contributed by atoms with E-state index in [-0.39, 0.29) is 0 Å². The first kappa shape index (κ1) is 15.8. The van der Waals surface area contributed by atoms with Gasteiger partial charge in [-0.15, -0.1) is 0 Å².